The molecule has 0 amide bonds. The van der Waals surface area contributed by atoms with E-state index in [2.05, 4.69) is 0 Å². The fraction of sp³-hybridized carbons (Fsp3) is 0.455. The van der Waals surface area contributed by atoms with Crippen LogP contribution in [0.4, 0.5) is 0 Å². The van der Waals surface area contributed by atoms with Crippen LogP contribution in [0.2, 0.25) is 5.02 Å². The molecule has 2 saturated heterocycles. The summed E-state index contributed by atoms with van der Waals surface area (Å²) in [6, 6.07) is 13.2. The Morgan fingerprint density at radius 1 is 1.14 bits per heavy atom. The second-order valence-corrected chi connectivity index (χ2v) is 8.02. The lowest BCUT2D eigenvalue weighted by atomic mass is 9.86. The number of ether oxygens (including phenoxy) is 3. The molecule has 2 bridgehead atoms. The van der Waals surface area contributed by atoms with Crippen molar-refractivity contribution >= 4 is 11.6 Å². The Morgan fingerprint density at radius 2 is 1.90 bits per heavy atom. The Balaban J connectivity index is 1.63. The normalized spacial score (nSPS) is 31.1. The maximum atomic E-state index is 10.7. The second kappa shape index (κ2) is 7.87. The summed E-state index contributed by atoms with van der Waals surface area (Å²) in [6.45, 7) is 2.16. The van der Waals surface area contributed by atoms with E-state index in [0.717, 1.165) is 16.9 Å². The van der Waals surface area contributed by atoms with Gasteiger partial charge in [-0.1, -0.05) is 29.8 Å². The first-order valence-corrected chi connectivity index (χ1v) is 10.1. The van der Waals surface area contributed by atoms with Gasteiger partial charge in [-0.2, -0.15) is 0 Å². The van der Waals surface area contributed by atoms with Gasteiger partial charge >= 0.3 is 0 Å². The summed E-state index contributed by atoms with van der Waals surface area (Å²) in [5.41, 5.74) is 1.29. The minimum Gasteiger partial charge on any atom is -0.494 e. The number of aliphatic hydroxyl groups excluding tert-OH is 3. The molecule has 0 radical (unpaired) electrons. The van der Waals surface area contributed by atoms with E-state index in [-0.39, 0.29) is 13.0 Å². The summed E-state index contributed by atoms with van der Waals surface area (Å²) in [4.78, 5) is 0. The maximum Gasteiger partial charge on any atom is 0.222 e. The van der Waals surface area contributed by atoms with Gasteiger partial charge in [0.05, 0.1) is 25.9 Å². The highest BCUT2D eigenvalue weighted by Gasteiger charge is 2.63. The second-order valence-electron chi connectivity index (χ2n) is 7.61. The Hall–Kier alpha value is -1.67. The first-order valence-electron chi connectivity index (χ1n) is 9.74. The maximum absolute atomic E-state index is 10.7. The predicted molar refractivity (Wildman–Crippen MR) is 107 cm³/mol. The molecule has 0 aromatic heterocycles. The zero-order chi connectivity index (χ0) is 20.6. The molecule has 29 heavy (non-hydrogen) atoms. The lowest BCUT2D eigenvalue weighted by Gasteiger charge is -2.43. The Kier molecular flexibility index (Phi) is 5.59. The molecular weight excluding hydrogens is 396 g/mol. The van der Waals surface area contributed by atoms with Crippen LogP contribution in [-0.4, -0.2) is 52.9 Å². The molecular formula is C22H25ClO6. The molecule has 0 unspecified atom stereocenters. The number of hydrogen-bond acceptors (Lipinski definition) is 6. The number of halogens is 1. The largest absolute Gasteiger partial charge is 0.494 e. The van der Waals surface area contributed by atoms with Crippen molar-refractivity contribution in [2.24, 2.45) is 0 Å². The molecule has 0 spiro atoms. The summed E-state index contributed by atoms with van der Waals surface area (Å²) < 4.78 is 17.3. The van der Waals surface area contributed by atoms with E-state index < -0.39 is 30.2 Å². The number of benzene rings is 2. The molecule has 156 valence electrons. The van der Waals surface area contributed by atoms with E-state index in [9.17, 15) is 15.3 Å². The smallest absolute Gasteiger partial charge is 0.222 e. The molecule has 4 rings (SSSR count). The van der Waals surface area contributed by atoms with Gasteiger partial charge in [0.25, 0.3) is 0 Å². The Bertz CT molecular complexity index is 872. The highest BCUT2D eigenvalue weighted by atomic mass is 35.5. The molecule has 2 fully saturated rings. The molecule has 0 saturated carbocycles. The van der Waals surface area contributed by atoms with Crippen LogP contribution in [-0.2, 0) is 21.7 Å². The van der Waals surface area contributed by atoms with Crippen LogP contribution in [0.3, 0.4) is 0 Å². The molecule has 0 aliphatic carbocycles. The fourth-order valence-electron chi connectivity index (χ4n) is 4.04. The summed E-state index contributed by atoms with van der Waals surface area (Å²) in [7, 11) is 0. The number of aliphatic hydroxyl groups is 3. The van der Waals surface area contributed by atoms with E-state index in [0.29, 0.717) is 23.6 Å². The number of hydrogen-bond donors (Lipinski definition) is 3. The van der Waals surface area contributed by atoms with Crippen molar-refractivity contribution in [3.05, 3.63) is 64.2 Å². The minimum absolute atomic E-state index is 0.00141. The number of rotatable bonds is 6. The highest BCUT2D eigenvalue weighted by molar-refractivity contribution is 6.31. The van der Waals surface area contributed by atoms with E-state index in [1.807, 2.05) is 37.3 Å². The molecule has 4 atom stereocenters. The molecule has 2 aliphatic rings. The Morgan fingerprint density at radius 3 is 2.59 bits per heavy atom. The van der Waals surface area contributed by atoms with Crippen molar-refractivity contribution in [2.45, 2.75) is 43.4 Å². The van der Waals surface area contributed by atoms with Crippen LogP contribution in [0.5, 0.6) is 5.75 Å². The van der Waals surface area contributed by atoms with Gasteiger partial charge in [0.2, 0.25) is 5.79 Å². The van der Waals surface area contributed by atoms with Gasteiger partial charge in [-0.25, -0.2) is 0 Å². The SMILES string of the molecule is CCOc1ccc(Cc2cc([C@]34OC[C@](CO)(O3)[C@@H](O)C[C@H]4O)ccc2Cl)cc1. The van der Waals surface area contributed by atoms with E-state index >= 15 is 0 Å². The predicted octanol–water partition coefficient (Wildman–Crippen LogP) is 2.39. The third-order valence-corrected chi connectivity index (χ3v) is 6.09. The van der Waals surface area contributed by atoms with Gasteiger partial charge in [0, 0.05) is 17.0 Å². The van der Waals surface area contributed by atoms with Crippen LogP contribution in [0, 0.1) is 0 Å². The summed E-state index contributed by atoms with van der Waals surface area (Å²) in [6.07, 6.45) is -1.44. The summed E-state index contributed by atoms with van der Waals surface area (Å²) in [5, 5.41) is 31.3. The zero-order valence-corrected chi connectivity index (χ0v) is 16.9. The minimum atomic E-state index is -1.43. The highest BCUT2D eigenvalue weighted by Crippen LogP contribution is 2.49. The van der Waals surface area contributed by atoms with Crippen molar-refractivity contribution in [2.75, 3.05) is 19.8 Å². The molecule has 2 aromatic rings. The molecule has 7 heteroatoms. The van der Waals surface area contributed by atoms with Crippen LogP contribution >= 0.6 is 11.6 Å². The Labute approximate surface area is 174 Å². The first-order chi connectivity index (χ1) is 13.9. The van der Waals surface area contributed by atoms with Gasteiger partial charge in [-0.3, -0.25) is 0 Å². The van der Waals surface area contributed by atoms with Crippen LogP contribution in [0.1, 0.15) is 30.0 Å². The fourth-order valence-corrected chi connectivity index (χ4v) is 4.22. The van der Waals surface area contributed by atoms with Gasteiger partial charge in [-0.05, 0) is 48.7 Å². The summed E-state index contributed by atoms with van der Waals surface area (Å²) in [5.74, 6) is -0.618. The van der Waals surface area contributed by atoms with Crippen molar-refractivity contribution < 1.29 is 29.5 Å². The zero-order valence-electron chi connectivity index (χ0n) is 16.2. The number of fused-ring (bicyclic) bond motifs is 2. The van der Waals surface area contributed by atoms with Gasteiger partial charge in [0.15, 0.2) is 0 Å². The standard InChI is InChI=1S/C22H25ClO6/c1-2-27-17-6-3-14(4-7-17)9-15-10-16(5-8-18(15)23)22-20(26)11-19(25)21(12-24,29-22)13-28-22/h3-8,10,19-20,24-26H,2,9,11-13H2,1H3/t19-,20+,21-,22-/m0/s1. The molecule has 2 aliphatic heterocycles. The summed E-state index contributed by atoms with van der Waals surface area (Å²) >= 11 is 6.43. The third kappa shape index (κ3) is 3.54. The first kappa shape index (κ1) is 20.6. The monoisotopic (exact) mass is 420 g/mol. The molecule has 2 heterocycles. The lowest BCUT2D eigenvalue weighted by Crippen LogP contribution is -2.57. The van der Waals surface area contributed by atoms with Gasteiger partial charge in [0.1, 0.15) is 17.5 Å². The van der Waals surface area contributed by atoms with Crippen molar-refractivity contribution in [3.8, 4) is 5.75 Å². The lowest BCUT2D eigenvalue weighted by molar-refractivity contribution is -0.300. The molecule has 2 aromatic carbocycles. The van der Waals surface area contributed by atoms with Crippen LogP contribution in [0.25, 0.3) is 0 Å². The van der Waals surface area contributed by atoms with Gasteiger partial charge < -0.3 is 29.5 Å². The van der Waals surface area contributed by atoms with Gasteiger partial charge in [-0.15, -0.1) is 0 Å². The van der Waals surface area contributed by atoms with E-state index in [1.165, 1.54) is 0 Å². The van der Waals surface area contributed by atoms with Crippen molar-refractivity contribution in [3.63, 3.8) is 0 Å². The topological polar surface area (TPSA) is 88.4 Å². The average molecular weight is 421 g/mol. The average Bonchev–Trinajstić information content (AvgIpc) is 3.09. The van der Waals surface area contributed by atoms with Crippen molar-refractivity contribution in [1.82, 2.24) is 0 Å². The van der Waals surface area contributed by atoms with Crippen LogP contribution in [0.15, 0.2) is 42.5 Å². The van der Waals surface area contributed by atoms with E-state index in [4.69, 9.17) is 25.8 Å². The third-order valence-electron chi connectivity index (χ3n) is 5.72. The van der Waals surface area contributed by atoms with Crippen LogP contribution < -0.4 is 4.74 Å². The molecule has 6 nitrogen and oxygen atoms in total. The van der Waals surface area contributed by atoms with E-state index in [1.54, 1.807) is 12.1 Å². The van der Waals surface area contributed by atoms with Crippen molar-refractivity contribution in [1.29, 1.82) is 0 Å². The molecule has 3 N–H and O–H groups in total. The quantitative estimate of drug-likeness (QED) is 0.665.